The zero-order valence-electron chi connectivity index (χ0n) is 10.8. The normalized spacial score (nSPS) is 16.6. The molecule has 1 fully saturated rings. The van der Waals surface area contributed by atoms with Crippen LogP contribution in [0.15, 0.2) is 23.1 Å². The van der Waals surface area contributed by atoms with E-state index in [1.807, 2.05) is 24.5 Å². The summed E-state index contributed by atoms with van der Waals surface area (Å²) in [5.74, 6) is 0. The van der Waals surface area contributed by atoms with Crippen LogP contribution in [-0.4, -0.2) is 32.6 Å². The number of piperidine rings is 1. The fraction of sp³-hybridized carbons (Fsp3) is 0.500. The van der Waals surface area contributed by atoms with Crippen molar-refractivity contribution in [1.82, 2.24) is 0 Å². The molecule has 0 atom stereocenters. The Morgan fingerprint density at radius 2 is 2.11 bits per heavy atom. The Morgan fingerprint density at radius 3 is 2.67 bits per heavy atom. The standard InChI is InChI=1S/C14H18N2OS/c1-17-11-6-8-16(9-7-11)13-4-3-5-14(18-2)12(13)10-15/h3-5,11H,6-9H2,1-2H3. The quantitative estimate of drug-likeness (QED) is 0.785. The van der Waals surface area contributed by atoms with Gasteiger partial charge >= 0.3 is 0 Å². The number of rotatable bonds is 3. The highest BCUT2D eigenvalue weighted by Crippen LogP contribution is 2.30. The average molecular weight is 262 g/mol. The second-order valence-corrected chi connectivity index (χ2v) is 5.24. The molecular formula is C14H18N2OS. The number of ether oxygens (including phenoxy) is 1. The summed E-state index contributed by atoms with van der Waals surface area (Å²) in [6.07, 6.45) is 4.45. The van der Waals surface area contributed by atoms with E-state index in [1.54, 1.807) is 18.9 Å². The first-order valence-electron chi connectivity index (χ1n) is 6.15. The van der Waals surface area contributed by atoms with E-state index in [4.69, 9.17) is 4.74 Å². The van der Waals surface area contributed by atoms with Crippen molar-refractivity contribution >= 4 is 17.4 Å². The maximum absolute atomic E-state index is 9.34. The van der Waals surface area contributed by atoms with Gasteiger partial charge in [-0.15, -0.1) is 11.8 Å². The molecule has 1 saturated heterocycles. The van der Waals surface area contributed by atoms with Gasteiger partial charge in [-0.25, -0.2) is 0 Å². The van der Waals surface area contributed by atoms with Crippen LogP contribution in [0.4, 0.5) is 5.69 Å². The lowest BCUT2D eigenvalue weighted by molar-refractivity contribution is 0.0819. The van der Waals surface area contributed by atoms with Gasteiger partial charge in [-0.05, 0) is 31.2 Å². The third-order valence-corrected chi connectivity index (χ3v) is 4.23. The van der Waals surface area contributed by atoms with E-state index in [2.05, 4.69) is 11.0 Å². The molecule has 2 rings (SSSR count). The molecule has 0 radical (unpaired) electrons. The van der Waals surface area contributed by atoms with Crippen LogP contribution in [0.5, 0.6) is 0 Å². The van der Waals surface area contributed by atoms with Gasteiger partial charge in [0.05, 0.1) is 17.4 Å². The molecule has 96 valence electrons. The van der Waals surface area contributed by atoms with Crippen molar-refractivity contribution in [2.24, 2.45) is 0 Å². The molecule has 4 heteroatoms. The number of methoxy groups -OCH3 is 1. The lowest BCUT2D eigenvalue weighted by Crippen LogP contribution is -2.37. The van der Waals surface area contributed by atoms with Gasteiger partial charge in [-0.3, -0.25) is 0 Å². The number of benzene rings is 1. The molecule has 1 aliphatic heterocycles. The minimum absolute atomic E-state index is 0.371. The maximum Gasteiger partial charge on any atom is 0.103 e. The molecule has 0 aliphatic carbocycles. The van der Waals surface area contributed by atoms with Crippen LogP contribution in [0.25, 0.3) is 0 Å². The van der Waals surface area contributed by atoms with Crippen LogP contribution >= 0.6 is 11.8 Å². The average Bonchev–Trinajstić information content (AvgIpc) is 2.46. The minimum Gasteiger partial charge on any atom is -0.381 e. The van der Waals surface area contributed by atoms with Crippen molar-refractivity contribution in [2.45, 2.75) is 23.8 Å². The summed E-state index contributed by atoms with van der Waals surface area (Å²) >= 11 is 1.63. The molecule has 0 bridgehead atoms. The summed E-state index contributed by atoms with van der Waals surface area (Å²) in [5, 5.41) is 9.34. The summed E-state index contributed by atoms with van der Waals surface area (Å²) in [6, 6.07) is 8.43. The van der Waals surface area contributed by atoms with Crippen LogP contribution < -0.4 is 4.90 Å². The van der Waals surface area contributed by atoms with Crippen LogP contribution in [0, 0.1) is 11.3 Å². The molecule has 1 heterocycles. The fourth-order valence-corrected chi connectivity index (χ4v) is 2.97. The molecule has 0 unspecified atom stereocenters. The van der Waals surface area contributed by atoms with E-state index in [-0.39, 0.29) is 0 Å². The van der Waals surface area contributed by atoms with E-state index in [9.17, 15) is 5.26 Å². The molecule has 1 aliphatic rings. The summed E-state index contributed by atoms with van der Waals surface area (Å²) in [4.78, 5) is 3.36. The Bertz CT molecular complexity index is 448. The summed E-state index contributed by atoms with van der Waals surface area (Å²) in [5.41, 5.74) is 1.87. The Labute approximate surface area is 113 Å². The SMILES string of the molecule is COC1CCN(c2cccc(SC)c2C#N)CC1. The first kappa shape index (κ1) is 13.3. The summed E-state index contributed by atoms with van der Waals surface area (Å²) in [7, 11) is 1.77. The predicted octanol–water partition coefficient (Wildman–Crippen LogP) is 2.90. The Morgan fingerprint density at radius 1 is 1.39 bits per heavy atom. The number of nitriles is 1. The molecular weight excluding hydrogens is 244 g/mol. The largest absolute Gasteiger partial charge is 0.381 e. The van der Waals surface area contributed by atoms with Gasteiger partial charge in [0, 0.05) is 25.1 Å². The molecule has 0 spiro atoms. The number of hydrogen-bond donors (Lipinski definition) is 0. The number of nitrogens with zero attached hydrogens (tertiary/aromatic N) is 2. The van der Waals surface area contributed by atoms with Crippen molar-refractivity contribution < 1.29 is 4.74 Å². The number of anilines is 1. The monoisotopic (exact) mass is 262 g/mol. The Balaban J connectivity index is 2.22. The van der Waals surface area contributed by atoms with Gasteiger partial charge in [0.2, 0.25) is 0 Å². The highest BCUT2D eigenvalue weighted by molar-refractivity contribution is 7.98. The Kier molecular flexibility index (Phi) is 4.51. The molecule has 3 nitrogen and oxygen atoms in total. The van der Waals surface area contributed by atoms with Crippen molar-refractivity contribution in [2.75, 3.05) is 31.4 Å². The first-order chi connectivity index (χ1) is 8.80. The van der Waals surface area contributed by atoms with Crippen molar-refractivity contribution in [3.8, 4) is 6.07 Å². The predicted molar refractivity (Wildman–Crippen MR) is 75.2 cm³/mol. The Hall–Kier alpha value is -1.18. The number of hydrogen-bond acceptors (Lipinski definition) is 4. The molecule has 0 aromatic heterocycles. The topological polar surface area (TPSA) is 36.3 Å². The maximum atomic E-state index is 9.34. The smallest absolute Gasteiger partial charge is 0.103 e. The highest BCUT2D eigenvalue weighted by Gasteiger charge is 2.21. The fourth-order valence-electron chi connectivity index (χ4n) is 2.40. The van der Waals surface area contributed by atoms with Crippen LogP contribution in [0.3, 0.4) is 0 Å². The van der Waals surface area contributed by atoms with Gasteiger partial charge < -0.3 is 9.64 Å². The van der Waals surface area contributed by atoms with Gasteiger partial charge in [0.25, 0.3) is 0 Å². The van der Waals surface area contributed by atoms with Gasteiger partial charge in [0.15, 0.2) is 0 Å². The molecule has 0 amide bonds. The highest BCUT2D eigenvalue weighted by atomic mass is 32.2. The minimum atomic E-state index is 0.371. The van der Waals surface area contributed by atoms with E-state index in [0.29, 0.717) is 6.10 Å². The van der Waals surface area contributed by atoms with Crippen LogP contribution in [-0.2, 0) is 4.74 Å². The first-order valence-corrected chi connectivity index (χ1v) is 7.37. The molecule has 0 saturated carbocycles. The summed E-state index contributed by atoms with van der Waals surface area (Å²) in [6.45, 7) is 1.93. The van der Waals surface area contributed by atoms with Crippen molar-refractivity contribution in [3.63, 3.8) is 0 Å². The second-order valence-electron chi connectivity index (χ2n) is 4.39. The van der Waals surface area contributed by atoms with Gasteiger partial charge in [0.1, 0.15) is 6.07 Å². The lowest BCUT2D eigenvalue weighted by Gasteiger charge is -2.33. The van der Waals surface area contributed by atoms with Crippen LogP contribution in [0.2, 0.25) is 0 Å². The van der Waals surface area contributed by atoms with Crippen molar-refractivity contribution in [1.29, 1.82) is 5.26 Å². The molecule has 1 aromatic rings. The van der Waals surface area contributed by atoms with E-state index >= 15 is 0 Å². The third kappa shape index (κ3) is 2.63. The third-order valence-electron chi connectivity index (χ3n) is 3.45. The van der Waals surface area contributed by atoms with Gasteiger partial charge in [-0.1, -0.05) is 6.07 Å². The second kappa shape index (κ2) is 6.12. The molecule has 1 aromatic carbocycles. The van der Waals surface area contributed by atoms with E-state index in [0.717, 1.165) is 42.1 Å². The zero-order chi connectivity index (χ0) is 13.0. The zero-order valence-corrected chi connectivity index (χ0v) is 11.7. The van der Waals surface area contributed by atoms with E-state index < -0.39 is 0 Å². The number of thioether (sulfide) groups is 1. The van der Waals surface area contributed by atoms with Gasteiger partial charge in [-0.2, -0.15) is 5.26 Å². The molecule has 0 N–H and O–H groups in total. The molecule has 18 heavy (non-hydrogen) atoms. The lowest BCUT2D eigenvalue weighted by atomic mass is 10.1. The van der Waals surface area contributed by atoms with Crippen molar-refractivity contribution in [3.05, 3.63) is 23.8 Å². The van der Waals surface area contributed by atoms with E-state index in [1.165, 1.54) is 0 Å². The summed E-state index contributed by atoms with van der Waals surface area (Å²) < 4.78 is 5.38. The van der Waals surface area contributed by atoms with Crippen LogP contribution in [0.1, 0.15) is 18.4 Å².